The molecule has 1 aromatic rings. The second-order valence-corrected chi connectivity index (χ2v) is 5.69. The summed E-state index contributed by atoms with van der Waals surface area (Å²) < 4.78 is 5.29. The van der Waals surface area contributed by atoms with Crippen LogP contribution < -0.4 is 10.6 Å². The van der Waals surface area contributed by atoms with E-state index in [1.807, 2.05) is 6.92 Å². The zero-order valence-corrected chi connectivity index (χ0v) is 13.4. The standard InChI is InChI=1S/C14H24N2OS2/c1-3-7-12(13-8-5-11-19-13)16-14(18)15-9-6-10-17-4-2/h5,8,11-12H,3-4,6-7,9-10H2,1-2H3,(H2,15,16,18). The fraction of sp³-hybridized carbons (Fsp3) is 0.643. The molecular formula is C14H24N2OS2. The van der Waals surface area contributed by atoms with Crippen molar-refractivity contribution in [3.05, 3.63) is 22.4 Å². The molecule has 3 nitrogen and oxygen atoms in total. The normalized spacial score (nSPS) is 12.1. The van der Waals surface area contributed by atoms with Gasteiger partial charge in [0.2, 0.25) is 0 Å². The van der Waals surface area contributed by atoms with Crippen LogP contribution in [0.15, 0.2) is 17.5 Å². The smallest absolute Gasteiger partial charge is 0.166 e. The van der Waals surface area contributed by atoms with Crippen LogP contribution in [0, 0.1) is 0 Å². The van der Waals surface area contributed by atoms with Crippen LogP contribution in [0.4, 0.5) is 0 Å². The Morgan fingerprint density at radius 1 is 1.47 bits per heavy atom. The van der Waals surface area contributed by atoms with Crippen molar-refractivity contribution in [1.82, 2.24) is 10.6 Å². The van der Waals surface area contributed by atoms with Crippen molar-refractivity contribution >= 4 is 28.7 Å². The zero-order chi connectivity index (χ0) is 13.9. The molecule has 0 saturated heterocycles. The summed E-state index contributed by atoms with van der Waals surface area (Å²) in [7, 11) is 0. The Bertz CT molecular complexity index is 341. The molecule has 0 radical (unpaired) electrons. The topological polar surface area (TPSA) is 33.3 Å². The predicted octanol–water partition coefficient (Wildman–Crippen LogP) is 3.48. The number of hydrogen-bond donors (Lipinski definition) is 2. The third-order valence-corrected chi connectivity index (χ3v) is 3.97. The van der Waals surface area contributed by atoms with Gasteiger partial charge in [0.1, 0.15) is 0 Å². The van der Waals surface area contributed by atoms with Crippen LogP contribution in [0.1, 0.15) is 44.0 Å². The van der Waals surface area contributed by atoms with E-state index in [0.717, 1.165) is 44.1 Å². The van der Waals surface area contributed by atoms with Gasteiger partial charge in [-0.05, 0) is 43.4 Å². The molecule has 0 aliphatic rings. The highest BCUT2D eigenvalue weighted by molar-refractivity contribution is 7.80. The van der Waals surface area contributed by atoms with E-state index in [-0.39, 0.29) is 0 Å². The molecule has 0 amide bonds. The Labute approximate surface area is 125 Å². The molecule has 1 rings (SSSR count). The van der Waals surface area contributed by atoms with E-state index in [0.29, 0.717) is 6.04 Å². The van der Waals surface area contributed by atoms with E-state index in [2.05, 4.69) is 35.1 Å². The minimum absolute atomic E-state index is 0.330. The molecule has 2 N–H and O–H groups in total. The minimum Gasteiger partial charge on any atom is -0.382 e. The Morgan fingerprint density at radius 2 is 2.32 bits per heavy atom. The lowest BCUT2D eigenvalue weighted by molar-refractivity contribution is 0.145. The third-order valence-electron chi connectivity index (χ3n) is 2.72. The van der Waals surface area contributed by atoms with Crippen molar-refractivity contribution in [3.8, 4) is 0 Å². The van der Waals surface area contributed by atoms with Gasteiger partial charge in [-0.3, -0.25) is 0 Å². The summed E-state index contributed by atoms with van der Waals surface area (Å²) >= 11 is 7.12. The molecule has 0 bridgehead atoms. The van der Waals surface area contributed by atoms with Crippen LogP contribution in [-0.2, 0) is 4.74 Å². The molecular weight excluding hydrogens is 276 g/mol. The molecule has 5 heteroatoms. The maximum Gasteiger partial charge on any atom is 0.166 e. The van der Waals surface area contributed by atoms with Crippen molar-refractivity contribution in [1.29, 1.82) is 0 Å². The average molecular weight is 300 g/mol. The molecule has 0 aliphatic heterocycles. The summed E-state index contributed by atoms with van der Waals surface area (Å²) in [4.78, 5) is 1.35. The Balaban J connectivity index is 2.28. The second-order valence-electron chi connectivity index (χ2n) is 4.31. The first kappa shape index (κ1) is 16.4. The maximum absolute atomic E-state index is 5.34. The van der Waals surface area contributed by atoms with Gasteiger partial charge in [0.25, 0.3) is 0 Å². The Kier molecular flexibility index (Phi) is 8.79. The number of hydrogen-bond acceptors (Lipinski definition) is 3. The molecule has 1 unspecified atom stereocenters. The number of ether oxygens (including phenoxy) is 1. The fourth-order valence-electron chi connectivity index (χ4n) is 1.79. The highest BCUT2D eigenvalue weighted by Gasteiger charge is 2.12. The molecule has 1 aromatic heterocycles. The maximum atomic E-state index is 5.34. The number of rotatable bonds is 9. The highest BCUT2D eigenvalue weighted by Crippen LogP contribution is 2.22. The summed E-state index contributed by atoms with van der Waals surface area (Å²) in [5, 5.41) is 9.49. The van der Waals surface area contributed by atoms with Crippen molar-refractivity contribution in [2.24, 2.45) is 0 Å². The highest BCUT2D eigenvalue weighted by atomic mass is 32.1. The van der Waals surface area contributed by atoms with E-state index in [4.69, 9.17) is 17.0 Å². The second kappa shape index (κ2) is 10.2. The summed E-state index contributed by atoms with van der Waals surface area (Å²) in [6, 6.07) is 4.58. The number of thiophene rings is 1. The van der Waals surface area contributed by atoms with Gasteiger partial charge in [-0.1, -0.05) is 19.4 Å². The van der Waals surface area contributed by atoms with E-state index in [1.165, 1.54) is 4.88 Å². The van der Waals surface area contributed by atoms with Crippen molar-refractivity contribution in [2.75, 3.05) is 19.8 Å². The van der Waals surface area contributed by atoms with E-state index in [9.17, 15) is 0 Å². The van der Waals surface area contributed by atoms with Crippen molar-refractivity contribution < 1.29 is 4.74 Å². The van der Waals surface area contributed by atoms with Gasteiger partial charge in [0.05, 0.1) is 6.04 Å². The van der Waals surface area contributed by atoms with Crippen LogP contribution in [0.5, 0.6) is 0 Å². The Hall–Kier alpha value is -0.650. The molecule has 0 aromatic carbocycles. The lowest BCUT2D eigenvalue weighted by Gasteiger charge is -2.19. The first-order chi connectivity index (χ1) is 9.27. The zero-order valence-electron chi connectivity index (χ0n) is 11.8. The Morgan fingerprint density at radius 3 is 2.95 bits per heavy atom. The summed E-state index contributed by atoms with van der Waals surface area (Å²) in [6.07, 6.45) is 3.22. The summed E-state index contributed by atoms with van der Waals surface area (Å²) in [6.45, 7) is 6.63. The van der Waals surface area contributed by atoms with E-state index >= 15 is 0 Å². The van der Waals surface area contributed by atoms with Crippen molar-refractivity contribution in [2.45, 2.75) is 39.2 Å². The average Bonchev–Trinajstić information content (AvgIpc) is 2.92. The van der Waals surface area contributed by atoms with E-state index in [1.54, 1.807) is 11.3 Å². The van der Waals surface area contributed by atoms with Gasteiger partial charge < -0.3 is 15.4 Å². The third kappa shape index (κ3) is 6.89. The lowest BCUT2D eigenvalue weighted by Crippen LogP contribution is -2.38. The summed E-state index contributed by atoms with van der Waals surface area (Å²) in [5.41, 5.74) is 0. The number of thiocarbonyl (C=S) groups is 1. The summed E-state index contributed by atoms with van der Waals surface area (Å²) in [5.74, 6) is 0. The molecule has 108 valence electrons. The van der Waals surface area contributed by atoms with Crippen molar-refractivity contribution in [3.63, 3.8) is 0 Å². The van der Waals surface area contributed by atoms with Gasteiger partial charge in [0.15, 0.2) is 5.11 Å². The molecule has 0 aliphatic carbocycles. The van der Waals surface area contributed by atoms with E-state index < -0.39 is 0 Å². The van der Waals surface area contributed by atoms with Crippen LogP contribution in [0.25, 0.3) is 0 Å². The first-order valence-corrected chi connectivity index (χ1v) is 8.22. The van der Waals surface area contributed by atoms with Gasteiger partial charge >= 0.3 is 0 Å². The molecule has 1 atom stereocenters. The molecule has 0 fully saturated rings. The minimum atomic E-state index is 0.330. The lowest BCUT2D eigenvalue weighted by atomic mass is 10.1. The van der Waals surface area contributed by atoms with Gasteiger partial charge in [-0.25, -0.2) is 0 Å². The van der Waals surface area contributed by atoms with Crippen LogP contribution in [-0.4, -0.2) is 24.9 Å². The van der Waals surface area contributed by atoms with Crippen LogP contribution in [0.3, 0.4) is 0 Å². The fourth-order valence-corrected chi connectivity index (χ4v) is 2.85. The molecule has 0 spiro atoms. The molecule has 1 heterocycles. The predicted molar refractivity (Wildman–Crippen MR) is 86.8 cm³/mol. The largest absolute Gasteiger partial charge is 0.382 e. The SMILES string of the molecule is CCCC(NC(=S)NCCCOCC)c1cccs1. The first-order valence-electron chi connectivity index (χ1n) is 6.93. The number of nitrogens with one attached hydrogen (secondary N) is 2. The van der Waals surface area contributed by atoms with Crippen LogP contribution >= 0.6 is 23.6 Å². The van der Waals surface area contributed by atoms with Gasteiger partial charge in [0, 0.05) is 24.6 Å². The van der Waals surface area contributed by atoms with Gasteiger partial charge in [-0.15, -0.1) is 11.3 Å². The molecule has 0 saturated carbocycles. The molecule has 19 heavy (non-hydrogen) atoms. The quantitative estimate of drug-likeness (QED) is 0.540. The van der Waals surface area contributed by atoms with Gasteiger partial charge in [-0.2, -0.15) is 0 Å². The van der Waals surface area contributed by atoms with Crippen LogP contribution in [0.2, 0.25) is 0 Å². The monoisotopic (exact) mass is 300 g/mol.